The van der Waals surface area contributed by atoms with Crippen LogP contribution in [0.1, 0.15) is 13.8 Å². The van der Waals surface area contributed by atoms with Gasteiger partial charge in [0, 0.05) is 0 Å². The maximum absolute atomic E-state index is 11.4. The van der Waals surface area contributed by atoms with Crippen molar-refractivity contribution in [3.8, 4) is 5.75 Å². The summed E-state index contributed by atoms with van der Waals surface area (Å²) in [5.74, 6) is -0.183. The first-order valence-corrected chi connectivity index (χ1v) is 5.15. The lowest BCUT2D eigenvalue weighted by Gasteiger charge is -2.14. The molecule has 0 aliphatic rings. The number of esters is 1. The molecule has 0 fully saturated rings. The number of aromatic nitrogens is 2. The Kier molecular flexibility index (Phi) is 4.50. The Hall–Kier alpha value is -2.05. The summed E-state index contributed by atoms with van der Waals surface area (Å²) in [4.78, 5) is 29.0. The molecule has 7 heteroatoms. The van der Waals surface area contributed by atoms with Gasteiger partial charge >= 0.3 is 5.97 Å². The highest BCUT2D eigenvalue weighted by atomic mass is 16.5. The molecule has 1 aromatic rings. The van der Waals surface area contributed by atoms with Gasteiger partial charge in [-0.3, -0.25) is 4.79 Å². The van der Waals surface area contributed by atoms with E-state index in [1.807, 2.05) is 0 Å². The van der Waals surface area contributed by atoms with Crippen LogP contribution in [0.4, 0.5) is 5.82 Å². The quantitative estimate of drug-likeness (QED) is 0.712. The first-order valence-electron chi connectivity index (χ1n) is 5.15. The smallest absolute Gasteiger partial charge is 0.328 e. The van der Waals surface area contributed by atoms with Crippen molar-refractivity contribution in [1.29, 1.82) is 0 Å². The largest absolute Gasteiger partial charge is 0.489 e. The Morgan fingerprint density at radius 2 is 2.35 bits per heavy atom. The van der Waals surface area contributed by atoms with E-state index in [0.717, 1.165) is 0 Å². The van der Waals surface area contributed by atoms with E-state index in [-0.39, 0.29) is 11.6 Å². The third-order valence-corrected chi connectivity index (χ3v) is 2.01. The molecule has 1 heterocycles. The summed E-state index contributed by atoms with van der Waals surface area (Å²) in [6.45, 7) is 3.63. The Labute approximate surface area is 98.2 Å². The van der Waals surface area contributed by atoms with Gasteiger partial charge in [0.1, 0.15) is 6.04 Å². The van der Waals surface area contributed by atoms with E-state index < -0.39 is 17.6 Å². The minimum absolute atomic E-state index is 0.0312. The molecule has 1 aromatic heterocycles. The Balaban J connectivity index is 2.84. The number of ether oxygens (including phenoxy) is 2. The lowest BCUT2D eigenvalue weighted by molar-refractivity contribution is -0.143. The van der Waals surface area contributed by atoms with Crippen LogP contribution in [-0.2, 0) is 9.53 Å². The third-order valence-electron chi connectivity index (χ3n) is 2.01. The summed E-state index contributed by atoms with van der Waals surface area (Å²) >= 11 is 0. The minimum Gasteiger partial charge on any atom is -0.489 e. The number of nitrogens with zero attached hydrogens (tertiary/aromatic N) is 1. The van der Waals surface area contributed by atoms with Crippen LogP contribution >= 0.6 is 0 Å². The second-order valence-corrected chi connectivity index (χ2v) is 3.23. The second-order valence-electron chi connectivity index (χ2n) is 3.23. The second kappa shape index (κ2) is 5.88. The number of rotatable bonds is 5. The highest BCUT2D eigenvalue weighted by Crippen LogP contribution is 2.15. The van der Waals surface area contributed by atoms with Crippen molar-refractivity contribution in [2.75, 3.05) is 19.0 Å². The number of anilines is 1. The standard InChI is InChI=1S/C10H15N3O4/c1-4-17-10(15)6(2)13-8-7(16-3)9(14)12-5-11-8/h5-6H,4H2,1-3H3,(H2,11,12,13,14). The molecule has 0 amide bonds. The van der Waals surface area contributed by atoms with E-state index in [0.29, 0.717) is 6.61 Å². The first-order chi connectivity index (χ1) is 8.10. The topological polar surface area (TPSA) is 93.3 Å². The minimum atomic E-state index is -0.613. The molecule has 0 radical (unpaired) electrons. The van der Waals surface area contributed by atoms with Crippen molar-refractivity contribution >= 4 is 11.8 Å². The van der Waals surface area contributed by atoms with E-state index in [4.69, 9.17) is 9.47 Å². The highest BCUT2D eigenvalue weighted by Gasteiger charge is 2.17. The molecule has 0 aromatic carbocycles. The monoisotopic (exact) mass is 241 g/mol. The van der Waals surface area contributed by atoms with Crippen molar-refractivity contribution in [1.82, 2.24) is 9.97 Å². The molecule has 0 aliphatic carbocycles. The summed E-state index contributed by atoms with van der Waals surface area (Å²) in [7, 11) is 1.35. The van der Waals surface area contributed by atoms with Crippen LogP contribution in [0.25, 0.3) is 0 Å². The summed E-state index contributed by atoms with van der Waals surface area (Å²) in [5, 5.41) is 2.76. The van der Waals surface area contributed by atoms with Crippen molar-refractivity contribution in [3.63, 3.8) is 0 Å². The van der Waals surface area contributed by atoms with E-state index in [9.17, 15) is 9.59 Å². The van der Waals surface area contributed by atoms with Crippen molar-refractivity contribution in [2.24, 2.45) is 0 Å². The zero-order chi connectivity index (χ0) is 12.8. The fourth-order valence-corrected chi connectivity index (χ4v) is 1.21. The molecule has 0 spiro atoms. The summed E-state index contributed by atoms with van der Waals surface area (Å²) in [5.41, 5.74) is -0.416. The normalized spacial score (nSPS) is 11.7. The number of methoxy groups -OCH3 is 1. The number of nitrogens with one attached hydrogen (secondary N) is 2. The molecule has 94 valence electrons. The maximum atomic E-state index is 11.4. The molecular weight excluding hydrogens is 226 g/mol. The van der Waals surface area contributed by atoms with Crippen LogP contribution in [0.5, 0.6) is 5.75 Å². The molecule has 0 saturated carbocycles. The maximum Gasteiger partial charge on any atom is 0.328 e. The van der Waals surface area contributed by atoms with Gasteiger partial charge in [0.05, 0.1) is 20.0 Å². The number of hydrogen-bond acceptors (Lipinski definition) is 6. The van der Waals surface area contributed by atoms with E-state index >= 15 is 0 Å². The molecule has 7 nitrogen and oxygen atoms in total. The van der Waals surface area contributed by atoms with Crippen molar-refractivity contribution < 1.29 is 14.3 Å². The molecule has 1 unspecified atom stereocenters. The SMILES string of the molecule is CCOC(=O)C(C)Nc1nc[nH]c(=O)c1OC. The Bertz CT molecular complexity index is 443. The van der Waals surface area contributed by atoms with Crippen LogP contribution < -0.4 is 15.6 Å². The molecule has 0 aliphatic heterocycles. The van der Waals surface area contributed by atoms with Crippen LogP contribution in [-0.4, -0.2) is 35.7 Å². The van der Waals surface area contributed by atoms with E-state index in [1.54, 1.807) is 13.8 Å². The molecule has 1 atom stereocenters. The van der Waals surface area contributed by atoms with Gasteiger partial charge < -0.3 is 19.8 Å². The predicted octanol–water partition coefficient (Wildman–Crippen LogP) is 0.142. The average Bonchev–Trinajstić information content (AvgIpc) is 2.29. The van der Waals surface area contributed by atoms with Gasteiger partial charge in [0.15, 0.2) is 5.82 Å². The van der Waals surface area contributed by atoms with Gasteiger partial charge in [0.2, 0.25) is 5.75 Å². The van der Waals surface area contributed by atoms with E-state index in [2.05, 4.69) is 15.3 Å². The summed E-state index contributed by atoms with van der Waals surface area (Å²) < 4.78 is 9.72. The number of aromatic amines is 1. The number of carbonyl (C=O) groups is 1. The Morgan fingerprint density at radius 1 is 1.65 bits per heavy atom. The van der Waals surface area contributed by atoms with Crippen molar-refractivity contribution in [2.45, 2.75) is 19.9 Å². The molecular formula is C10H15N3O4. The molecule has 0 bridgehead atoms. The highest BCUT2D eigenvalue weighted by molar-refractivity contribution is 5.78. The first kappa shape index (κ1) is 13.0. The zero-order valence-corrected chi connectivity index (χ0v) is 9.94. The molecule has 2 N–H and O–H groups in total. The summed E-state index contributed by atoms with van der Waals surface area (Å²) in [6, 6.07) is -0.613. The summed E-state index contributed by atoms with van der Waals surface area (Å²) in [6.07, 6.45) is 1.23. The fourth-order valence-electron chi connectivity index (χ4n) is 1.21. The number of H-pyrrole nitrogens is 1. The van der Waals surface area contributed by atoms with E-state index in [1.165, 1.54) is 13.4 Å². The molecule has 0 saturated heterocycles. The zero-order valence-electron chi connectivity index (χ0n) is 9.94. The van der Waals surface area contributed by atoms with Crippen LogP contribution in [0.2, 0.25) is 0 Å². The predicted molar refractivity (Wildman–Crippen MR) is 61.1 cm³/mol. The van der Waals surface area contributed by atoms with Crippen molar-refractivity contribution in [3.05, 3.63) is 16.7 Å². The number of carbonyl (C=O) groups excluding carboxylic acids is 1. The van der Waals surface area contributed by atoms with Gasteiger partial charge in [-0.1, -0.05) is 0 Å². The van der Waals surface area contributed by atoms with Gasteiger partial charge in [-0.05, 0) is 13.8 Å². The van der Waals surface area contributed by atoms with Gasteiger partial charge in [-0.2, -0.15) is 0 Å². The molecule has 1 rings (SSSR count). The van der Waals surface area contributed by atoms with Gasteiger partial charge in [0.25, 0.3) is 5.56 Å². The Morgan fingerprint density at radius 3 is 2.94 bits per heavy atom. The van der Waals surface area contributed by atoms with Gasteiger partial charge in [-0.25, -0.2) is 9.78 Å². The van der Waals surface area contributed by atoms with Crippen LogP contribution in [0, 0.1) is 0 Å². The van der Waals surface area contributed by atoms with Crippen LogP contribution in [0.3, 0.4) is 0 Å². The number of hydrogen-bond donors (Lipinski definition) is 2. The average molecular weight is 241 g/mol. The van der Waals surface area contributed by atoms with Crippen LogP contribution in [0.15, 0.2) is 11.1 Å². The van der Waals surface area contributed by atoms with Gasteiger partial charge in [-0.15, -0.1) is 0 Å². The third kappa shape index (κ3) is 3.20. The lowest BCUT2D eigenvalue weighted by Crippen LogP contribution is -2.29. The fraction of sp³-hybridized carbons (Fsp3) is 0.500. The lowest BCUT2D eigenvalue weighted by atomic mass is 10.3. The molecule has 17 heavy (non-hydrogen) atoms.